The fourth-order valence-electron chi connectivity index (χ4n) is 1.73. The third kappa shape index (κ3) is 3.10. The molecule has 17 heavy (non-hydrogen) atoms. The average Bonchev–Trinajstić information content (AvgIpc) is 2.72. The minimum absolute atomic E-state index is 1.15. The van der Waals surface area contributed by atoms with Crippen LogP contribution in [0.1, 0.15) is 32.0 Å². The van der Waals surface area contributed by atoms with Gasteiger partial charge in [0.15, 0.2) is 0 Å². The first-order valence-electron chi connectivity index (χ1n) is 5.87. The summed E-state index contributed by atoms with van der Waals surface area (Å²) in [5, 5.41) is 1.25. The molecule has 1 aromatic carbocycles. The maximum absolute atomic E-state index is 3.39. The number of nitrogens with one attached hydrogen (secondary N) is 1. The van der Waals surface area contributed by atoms with Crippen molar-refractivity contribution in [1.29, 1.82) is 0 Å². The van der Waals surface area contributed by atoms with Gasteiger partial charge in [0.1, 0.15) is 0 Å². The Kier molecular flexibility index (Phi) is 5.78. The number of halogens is 1. The van der Waals surface area contributed by atoms with E-state index in [1.54, 1.807) is 0 Å². The summed E-state index contributed by atoms with van der Waals surface area (Å²) >= 11 is 3.32. The Labute approximate surface area is 111 Å². The molecular formula is C15H18BrN. The van der Waals surface area contributed by atoms with Gasteiger partial charge in [0.05, 0.1) is 0 Å². The van der Waals surface area contributed by atoms with Crippen LogP contribution in [0.25, 0.3) is 23.1 Å². The Morgan fingerprint density at radius 1 is 1.12 bits per heavy atom. The molecule has 0 fully saturated rings. The maximum atomic E-state index is 3.39. The summed E-state index contributed by atoms with van der Waals surface area (Å²) < 4.78 is 0. The Morgan fingerprint density at radius 2 is 1.82 bits per heavy atom. The fraction of sp³-hybridized carbons (Fsp3) is 0.200. The predicted octanol–water partition coefficient (Wildman–Crippen LogP) is 5.59. The number of H-pyrrole nitrogens is 1. The van der Waals surface area contributed by atoms with Crippen LogP contribution in [0.2, 0.25) is 0 Å². The molecule has 1 nitrogen and oxygen atoms in total. The first-order valence-corrected chi connectivity index (χ1v) is 6.78. The van der Waals surface area contributed by atoms with Crippen molar-refractivity contribution in [1.82, 2.24) is 4.98 Å². The maximum Gasteiger partial charge on any atom is 0.0464 e. The molecule has 0 aliphatic heterocycles. The molecule has 1 heterocycles. The molecule has 0 saturated carbocycles. The van der Waals surface area contributed by atoms with Crippen molar-refractivity contribution in [2.45, 2.75) is 20.8 Å². The minimum Gasteiger partial charge on any atom is -0.355 e. The lowest BCUT2D eigenvalue weighted by atomic mass is 10.1. The van der Waals surface area contributed by atoms with E-state index in [4.69, 9.17) is 0 Å². The van der Waals surface area contributed by atoms with Gasteiger partial charge in [-0.25, -0.2) is 0 Å². The van der Waals surface area contributed by atoms with Crippen LogP contribution in [0, 0.1) is 0 Å². The van der Waals surface area contributed by atoms with Crippen molar-refractivity contribution >= 4 is 39.0 Å². The monoisotopic (exact) mass is 291 g/mol. The molecule has 0 amide bonds. The number of para-hydroxylation sites is 1. The highest BCUT2D eigenvalue weighted by atomic mass is 79.9. The van der Waals surface area contributed by atoms with Crippen molar-refractivity contribution in [2.24, 2.45) is 0 Å². The molecule has 0 unspecified atom stereocenters. The molecule has 2 rings (SSSR count). The van der Waals surface area contributed by atoms with E-state index in [0.717, 1.165) is 5.69 Å². The van der Waals surface area contributed by atoms with Crippen molar-refractivity contribution in [3.63, 3.8) is 0 Å². The highest BCUT2D eigenvalue weighted by Crippen LogP contribution is 2.24. The van der Waals surface area contributed by atoms with Crippen LogP contribution in [-0.2, 0) is 0 Å². The Hall–Kier alpha value is -1.28. The Morgan fingerprint density at radius 3 is 2.47 bits per heavy atom. The summed E-state index contributed by atoms with van der Waals surface area (Å²) in [6, 6.07) is 8.32. The summed E-state index contributed by atoms with van der Waals surface area (Å²) in [6.07, 6.45) is 6.19. The van der Waals surface area contributed by atoms with Crippen LogP contribution < -0.4 is 0 Å². The summed E-state index contributed by atoms with van der Waals surface area (Å²) in [7, 11) is 0. The summed E-state index contributed by atoms with van der Waals surface area (Å²) in [5.74, 6) is 0. The van der Waals surface area contributed by atoms with Gasteiger partial charge in [0, 0.05) is 22.2 Å². The standard InChI is InChI=1S/C13H12BrN.C2H6/c1-2-5-12-11(8-9-14)10-6-3-4-7-13(10)15-12;1-2/h2-9,15H,1H3;1-2H3/b5-2-,9-8+;. The number of hydrogen-bond donors (Lipinski definition) is 1. The molecule has 90 valence electrons. The number of aromatic nitrogens is 1. The fourth-order valence-corrected chi connectivity index (χ4v) is 1.99. The predicted molar refractivity (Wildman–Crippen MR) is 82.3 cm³/mol. The number of benzene rings is 1. The van der Waals surface area contributed by atoms with Crippen LogP contribution in [-0.4, -0.2) is 4.98 Å². The zero-order valence-electron chi connectivity index (χ0n) is 10.5. The summed E-state index contributed by atoms with van der Waals surface area (Å²) in [4.78, 5) is 5.28. The molecule has 0 spiro atoms. The van der Waals surface area contributed by atoms with Gasteiger partial charge in [0.2, 0.25) is 0 Å². The van der Waals surface area contributed by atoms with E-state index in [2.05, 4.69) is 51.3 Å². The van der Waals surface area contributed by atoms with E-state index >= 15 is 0 Å². The van der Waals surface area contributed by atoms with Gasteiger partial charge in [-0.3, -0.25) is 0 Å². The smallest absolute Gasteiger partial charge is 0.0464 e. The first kappa shape index (κ1) is 13.8. The summed E-state index contributed by atoms with van der Waals surface area (Å²) in [5.41, 5.74) is 3.54. The number of rotatable bonds is 2. The second-order valence-corrected chi connectivity index (χ2v) is 3.82. The van der Waals surface area contributed by atoms with E-state index in [0.29, 0.717) is 0 Å². The number of hydrogen-bond acceptors (Lipinski definition) is 0. The topological polar surface area (TPSA) is 15.8 Å². The highest BCUT2D eigenvalue weighted by molar-refractivity contribution is 9.11. The molecule has 1 N–H and O–H groups in total. The second-order valence-electron chi connectivity index (χ2n) is 3.29. The molecule has 2 heteroatoms. The Balaban J connectivity index is 0.000000686. The molecule has 0 bridgehead atoms. The van der Waals surface area contributed by atoms with Crippen molar-refractivity contribution < 1.29 is 0 Å². The molecular weight excluding hydrogens is 274 g/mol. The van der Waals surface area contributed by atoms with Crippen molar-refractivity contribution in [3.05, 3.63) is 46.6 Å². The third-order valence-corrected chi connectivity index (χ3v) is 2.60. The van der Waals surface area contributed by atoms with Gasteiger partial charge in [0.25, 0.3) is 0 Å². The average molecular weight is 292 g/mol. The van der Waals surface area contributed by atoms with Crippen LogP contribution in [0.15, 0.2) is 35.3 Å². The number of fused-ring (bicyclic) bond motifs is 1. The summed E-state index contributed by atoms with van der Waals surface area (Å²) in [6.45, 7) is 6.02. The third-order valence-electron chi connectivity index (χ3n) is 2.34. The Bertz CT molecular complexity index is 521. The van der Waals surface area contributed by atoms with Crippen LogP contribution >= 0.6 is 15.9 Å². The number of aromatic amines is 1. The lowest BCUT2D eigenvalue weighted by molar-refractivity contribution is 1.42. The lowest BCUT2D eigenvalue weighted by Gasteiger charge is -1.92. The molecule has 0 atom stereocenters. The molecule has 2 aromatic rings. The first-order chi connectivity index (χ1) is 8.36. The van der Waals surface area contributed by atoms with E-state index in [1.165, 1.54) is 16.5 Å². The van der Waals surface area contributed by atoms with E-state index in [1.807, 2.05) is 37.9 Å². The molecule has 1 aromatic heterocycles. The van der Waals surface area contributed by atoms with Gasteiger partial charge in [-0.1, -0.05) is 54.1 Å². The largest absolute Gasteiger partial charge is 0.355 e. The van der Waals surface area contributed by atoms with E-state index in [9.17, 15) is 0 Å². The van der Waals surface area contributed by atoms with E-state index < -0.39 is 0 Å². The van der Waals surface area contributed by atoms with Gasteiger partial charge in [-0.15, -0.1) is 0 Å². The molecule has 0 aliphatic rings. The molecule has 0 aliphatic carbocycles. The lowest BCUT2D eigenvalue weighted by Crippen LogP contribution is -1.74. The highest BCUT2D eigenvalue weighted by Gasteiger charge is 2.05. The van der Waals surface area contributed by atoms with Gasteiger partial charge < -0.3 is 4.98 Å². The number of allylic oxidation sites excluding steroid dienone is 1. The molecule has 0 radical (unpaired) electrons. The molecule has 0 saturated heterocycles. The zero-order chi connectivity index (χ0) is 12.7. The minimum atomic E-state index is 1.15. The van der Waals surface area contributed by atoms with Crippen LogP contribution in [0.4, 0.5) is 0 Å². The quantitative estimate of drug-likeness (QED) is 0.742. The van der Waals surface area contributed by atoms with Crippen molar-refractivity contribution in [3.8, 4) is 0 Å². The van der Waals surface area contributed by atoms with Gasteiger partial charge in [-0.05, 0) is 30.1 Å². The second kappa shape index (κ2) is 7.13. The van der Waals surface area contributed by atoms with Crippen molar-refractivity contribution in [2.75, 3.05) is 0 Å². The van der Waals surface area contributed by atoms with Gasteiger partial charge >= 0.3 is 0 Å². The van der Waals surface area contributed by atoms with Crippen LogP contribution in [0.5, 0.6) is 0 Å². The zero-order valence-corrected chi connectivity index (χ0v) is 12.1. The van der Waals surface area contributed by atoms with Crippen LogP contribution in [0.3, 0.4) is 0 Å². The SMILES string of the molecule is C/C=C\c1[nH]c2ccccc2c1/C=C/Br.CC. The van der Waals surface area contributed by atoms with E-state index in [-0.39, 0.29) is 0 Å². The normalized spacial score (nSPS) is 11.1. The van der Waals surface area contributed by atoms with Gasteiger partial charge in [-0.2, -0.15) is 0 Å².